The number of nitrogens with one attached hydrogen (secondary N) is 1. The summed E-state index contributed by atoms with van der Waals surface area (Å²) in [6, 6.07) is 18.1. The highest BCUT2D eigenvalue weighted by molar-refractivity contribution is 5.88. The van der Waals surface area contributed by atoms with Gasteiger partial charge in [0.05, 0.1) is 0 Å². The van der Waals surface area contributed by atoms with E-state index in [1.807, 2.05) is 37.3 Å². The molecule has 0 radical (unpaired) electrons. The monoisotopic (exact) mass is 406 g/mol. The van der Waals surface area contributed by atoms with Gasteiger partial charge in [0, 0.05) is 19.0 Å². The second-order valence-electron chi connectivity index (χ2n) is 8.41. The Morgan fingerprint density at radius 1 is 1.00 bits per heavy atom. The highest BCUT2D eigenvalue weighted by atomic mass is 16.2. The summed E-state index contributed by atoms with van der Waals surface area (Å²) in [5, 5.41) is 3.20. The maximum Gasteiger partial charge on any atom is 0.243 e. The zero-order valence-corrected chi connectivity index (χ0v) is 18.3. The zero-order valence-electron chi connectivity index (χ0n) is 18.3. The Morgan fingerprint density at radius 2 is 1.67 bits per heavy atom. The summed E-state index contributed by atoms with van der Waals surface area (Å²) in [6.07, 6.45) is 6.13. The number of carbonyl (C=O) groups excluding carboxylic acids is 2. The Balaban J connectivity index is 1.74. The van der Waals surface area contributed by atoms with E-state index in [9.17, 15) is 9.59 Å². The number of nitrogens with zero attached hydrogens (tertiary/aromatic N) is 1. The summed E-state index contributed by atoms with van der Waals surface area (Å²) >= 11 is 0. The number of hydrogen-bond donors (Lipinski definition) is 1. The van der Waals surface area contributed by atoms with Crippen LogP contribution in [0.5, 0.6) is 0 Å². The highest BCUT2D eigenvalue weighted by Gasteiger charge is 2.30. The molecular weight excluding hydrogens is 372 g/mol. The largest absolute Gasteiger partial charge is 0.352 e. The molecule has 1 saturated carbocycles. The van der Waals surface area contributed by atoms with Gasteiger partial charge in [0.1, 0.15) is 6.04 Å². The summed E-state index contributed by atoms with van der Waals surface area (Å²) in [6.45, 7) is 4.51. The number of rotatable bonds is 9. The Morgan fingerprint density at radius 3 is 2.30 bits per heavy atom. The van der Waals surface area contributed by atoms with Gasteiger partial charge in [-0.2, -0.15) is 0 Å². The molecule has 4 heteroatoms. The van der Waals surface area contributed by atoms with Crippen molar-refractivity contribution in [1.82, 2.24) is 10.2 Å². The summed E-state index contributed by atoms with van der Waals surface area (Å²) in [5.74, 6) is 0.0254. The minimum Gasteiger partial charge on any atom is -0.352 e. The van der Waals surface area contributed by atoms with Gasteiger partial charge in [-0.15, -0.1) is 0 Å². The third-order valence-electron chi connectivity index (χ3n) is 6.03. The number of amides is 2. The SMILES string of the molecule is CCC(C(=O)NC1CCCC1)N(Cc1ccc(C)cc1)C(=O)CCc1ccccc1. The predicted octanol–water partition coefficient (Wildman–Crippen LogP) is 4.79. The fourth-order valence-electron chi connectivity index (χ4n) is 4.22. The van der Waals surface area contributed by atoms with Crippen LogP contribution in [-0.4, -0.2) is 28.8 Å². The molecule has 1 fully saturated rings. The fourth-order valence-corrected chi connectivity index (χ4v) is 4.22. The molecule has 1 aliphatic rings. The van der Waals surface area contributed by atoms with Crippen molar-refractivity contribution in [3.63, 3.8) is 0 Å². The second-order valence-corrected chi connectivity index (χ2v) is 8.41. The first-order valence-corrected chi connectivity index (χ1v) is 11.3. The Kier molecular flexibility index (Phi) is 8.06. The first-order valence-electron chi connectivity index (χ1n) is 11.3. The zero-order chi connectivity index (χ0) is 21.3. The van der Waals surface area contributed by atoms with Crippen molar-refractivity contribution in [3.05, 3.63) is 71.3 Å². The van der Waals surface area contributed by atoms with Crippen LogP contribution in [0.4, 0.5) is 0 Å². The maximum absolute atomic E-state index is 13.3. The lowest BCUT2D eigenvalue weighted by atomic mass is 10.1. The molecule has 1 unspecified atom stereocenters. The molecule has 1 atom stereocenters. The molecule has 1 N–H and O–H groups in total. The molecule has 3 rings (SSSR count). The summed E-state index contributed by atoms with van der Waals surface area (Å²) in [7, 11) is 0. The minimum absolute atomic E-state index is 0.00965. The van der Waals surface area contributed by atoms with E-state index in [1.54, 1.807) is 4.90 Å². The van der Waals surface area contributed by atoms with Crippen LogP contribution in [0.3, 0.4) is 0 Å². The Labute approximate surface area is 180 Å². The highest BCUT2D eigenvalue weighted by Crippen LogP contribution is 2.20. The van der Waals surface area contributed by atoms with Crippen molar-refractivity contribution in [2.45, 2.75) is 77.4 Å². The quantitative estimate of drug-likeness (QED) is 0.651. The molecule has 0 bridgehead atoms. The molecule has 2 aromatic rings. The van der Waals surface area contributed by atoms with E-state index in [0.29, 0.717) is 25.8 Å². The van der Waals surface area contributed by atoms with Crippen molar-refractivity contribution in [2.24, 2.45) is 0 Å². The number of benzene rings is 2. The maximum atomic E-state index is 13.3. The van der Waals surface area contributed by atoms with Gasteiger partial charge in [-0.1, -0.05) is 79.9 Å². The van der Waals surface area contributed by atoms with Gasteiger partial charge in [-0.3, -0.25) is 9.59 Å². The normalized spacial score (nSPS) is 15.0. The molecule has 160 valence electrons. The van der Waals surface area contributed by atoms with E-state index < -0.39 is 6.04 Å². The molecule has 30 heavy (non-hydrogen) atoms. The van der Waals surface area contributed by atoms with Crippen molar-refractivity contribution in [1.29, 1.82) is 0 Å². The summed E-state index contributed by atoms with van der Waals surface area (Å²) in [5.41, 5.74) is 3.39. The molecule has 2 aromatic carbocycles. The van der Waals surface area contributed by atoms with E-state index >= 15 is 0 Å². The molecular formula is C26H34N2O2. The van der Waals surface area contributed by atoms with Crippen LogP contribution in [0.25, 0.3) is 0 Å². The Hall–Kier alpha value is -2.62. The van der Waals surface area contributed by atoms with Gasteiger partial charge in [0.2, 0.25) is 11.8 Å². The molecule has 0 spiro atoms. The summed E-state index contributed by atoms with van der Waals surface area (Å²) in [4.78, 5) is 28.2. The average Bonchev–Trinajstić information content (AvgIpc) is 3.27. The van der Waals surface area contributed by atoms with Crippen molar-refractivity contribution < 1.29 is 9.59 Å². The van der Waals surface area contributed by atoms with Crippen LogP contribution in [0.2, 0.25) is 0 Å². The molecule has 2 amide bonds. The Bertz CT molecular complexity index is 811. The molecule has 0 aromatic heterocycles. The predicted molar refractivity (Wildman–Crippen MR) is 121 cm³/mol. The first kappa shape index (κ1) is 22.1. The summed E-state index contributed by atoms with van der Waals surface area (Å²) < 4.78 is 0. The second kappa shape index (κ2) is 11.0. The van der Waals surface area contributed by atoms with Crippen LogP contribution < -0.4 is 5.32 Å². The van der Waals surface area contributed by atoms with Gasteiger partial charge in [0.15, 0.2) is 0 Å². The standard InChI is InChI=1S/C26H34N2O2/c1-3-24(26(30)27-23-11-7-8-12-23)28(19-22-15-13-20(2)14-16-22)25(29)18-17-21-9-5-4-6-10-21/h4-6,9-10,13-16,23-24H,3,7-8,11-12,17-19H2,1-2H3,(H,27,30). The lowest BCUT2D eigenvalue weighted by molar-refractivity contribution is -0.141. The van der Waals surface area contributed by atoms with Crippen LogP contribution in [0.1, 0.15) is 62.1 Å². The smallest absolute Gasteiger partial charge is 0.243 e. The van der Waals surface area contributed by atoms with E-state index in [0.717, 1.165) is 24.0 Å². The molecule has 1 aliphatic carbocycles. The average molecular weight is 407 g/mol. The van der Waals surface area contributed by atoms with Gasteiger partial charge in [-0.05, 0) is 43.7 Å². The van der Waals surface area contributed by atoms with Gasteiger partial charge < -0.3 is 10.2 Å². The van der Waals surface area contributed by atoms with Crippen LogP contribution >= 0.6 is 0 Å². The molecule has 0 saturated heterocycles. The fraction of sp³-hybridized carbons (Fsp3) is 0.462. The first-order chi connectivity index (χ1) is 14.6. The lowest BCUT2D eigenvalue weighted by Crippen LogP contribution is -2.51. The number of hydrogen-bond acceptors (Lipinski definition) is 2. The van der Waals surface area contributed by atoms with Crippen molar-refractivity contribution in [2.75, 3.05) is 0 Å². The van der Waals surface area contributed by atoms with E-state index in [2.05, 4.69) is 36.5 Å². The molecule has 0 aliphatic heterocycles. The minimum atomic E-state index is -0.435. The van der Waals surface area contributed by atoms with Crippen LogP contribution in [-0.2, 0) is 22.6 Å². The van der Waals surface area contributed by atoms with E-state index in [4.69, 9.17) is 0 Å². The van der Waals surface area contributed by atoms with Crippen molar-refractivity contribution >= 4 is 11.8 Å². The van der Waals surface area contributed by atoms with Gasteiger partial charge in [-0.25, -0.2) is 0 Å². The van der Waals surface area contributed by atoms with Crippen molar-refractivity contribution in [3.8, 4) is 0 Å². The van der Waals surface area contributed by atoms with Crippen LogP contribution in [0, 0.1) is 6.92 Å². The lowest BCUT2D eigenvalue weighted by Gasteiger charge is -2.31. The van der Waals surface area contributed by atoms with Crippen LogP contribution in [0.15, 0.2) is 54.6 Å². The van der Waals surface area contributed by atoms with Gasteiger partial charge >= 0.3 is 0 Å². The number of carbonyl (C=O) groups is 2. The number of aryl methyl sites for hydroxylation is 2. The topological polar surface area (TPSA) is 49.4 Å². The van der Waals surface area contributed by atoms with Gasteiger partial charge in [0.25, 0.3) is 0 Å². The molecule has 0 heterocycles. The third-order valence-corrected chi connectivity index (χ3v) is 6.03. The molecule has 4 nitrogen and oxygen atoms in total. The third kappa shape index (κ3) is 6.19. The van der Waals surface area contributed by atoms with E-state index in [1.165, 1.54) is 18.4 Å². The van der Waals surface area contributed by atoms with E-state index in [-0.39, 0.29) is 17.9 Å².